The number of H-pyrrole nitrogens is 1. The first kappa shape index (κ1) is 15.3. The Morgan fingerprint density at radius 2 is 2.00 bits per heavy atom. The molecule has 0 spiro atoms. The van der Waals surface area contributed by atoms with Crippen LogP contribution in [0.15, 0.2) is 42.6 Å². The molecule has 5 nitrogen and oxygen atoms in total. The van der Waals surface area contributed by atoms with Gasteiger partial charge in [-0.15, -0.1) is 0 Å². The largest absolute Gasteiger partial charge is 0.389 e. The molecule has 0 aliphatic carbocycles. The number of carbonyl (C=O) groups is 1. The molecule has 0 aliphatic rings. The van der Waals surface area contributed by atoms with E-state index in [9.17, 15) is 9.90 Å². The molecule has 0 fully saturated rings. The Morgan fingerprint density at radius 3 is 2.57 bits per heavy atom. The van der Waals surface area contributed by atoms with Crippen molar-refractivity contribution in [1.82, 2.24) is 15.1 Å². The zero-order chi connectivity index (χ0) is 15.3. The van der Waals surface area contributed by atoms with Crippen LogP contribution in [0.2, 0.25) is 0 Å². The van der Waals surface area contributed by atoms with Crippen molar-refractivity contribution in [3.8, 4) is 0 Å². The second-order valence-corrected chi connectivity index (χ2v) is 5.81. The lowest BCUT2D eigenvalue weighted by Gasteiger charge is -2.29. The van der Waals surface area contributed by atoms with E-state index in [-0.39, 0.29) is 18.9 Å². The van der Waals surface area contributed by atoms with Crippen LogP contribution in [-0.2, 0) is 17.8 Å². The van der Waals surface area contributed by atoms with Gasteiger partial charge in [-0.05, 0) is 25.5 Å². The number of nitrogens with one attached hydrogen (secondary N) is 1. The van der Waals surface area contributed by atoms with Crippen molar-refractivity contribution in [2.75, 3.05) is 6.54 Å². The molecule has 1 heterocycles. The third-order valence-corrected chi connectivity index (χ3v) is 3.05. The molecule has 2 aromatic rings. The number of aromatic amines is 1. The molecule has 0 atom stereocenters. The van der Waals surface area contributed by atoms with Crippen molar-refractivity contribution in [3.05, 3.63) is 53.9 Å². The summed E-state index contributed by atoms with van der Waals surface area (Å²) in [6.07, 6.45) is 1.88. The summed E-state index contributed by atoms with van der Waals surface area (Å²) in [6, 6.07) is 11.6. The zero-order valence-electron chi connectivity index (χ0n) is 12.4. The minimum absolute atomic E-state index is 0.0368. The molecule has 0 radical (unpaired) electrons. The van der Waals surface area contributed by atoms with Crippen molar-refractivity contribution >= 4 is 5.91 Å². The second kappa shape index (κ2) is 6.54. The number of carbonyl (C=O) groups excluding carboxylic acids is 1. The van der Waals surface area contributed by atoms with Gasteiger partial charge >= 0.3 is 0 Å². The first-order valence-corrected chi connectivity index (χ1v) is 6.96. The number of rotatable bonds is 6. The molecule has 1 aromatic carbocycles. The summed E-state index contributed by atoms with van der Waals surface area (Å²) >= 11 is 0. The molecule has 1 aromatic heterocycles. The third-order valence-electron chi connectivity index (χ3n) is 3.05. The fraction of sp³-hybridized carbons (Fsp3) is 0.375. The highest BCUT2D eigenvalue weighted by Crippen LogP contribution is 2.12. The highest BCUT2D eigenvalue weighted by Gasteiger charge is 2.23. The topological polar surface area (TPSA) is 69.2 Å². The van der Waals surface area contributed by atoms with Gasteiger partial charge in [-0.25, -0.2) is 0 Å². The lowest BCUT2D eigenvalue weighted by molar-refractivity contribution is -0.134. The maximum Gasteiger partial charge on any atom is 0.228 e. The van der Waals surface area contributed by atoms with E-state index in [1.807, 2.05) is 30.3 Å². The van der Waals surface area contributed by atoms with Crippen LogP contribution < -0.4 is 0 Å². The SMILES string of the molecule is CC(C)(O)CN(Cc1ccccc1)C(=O)Cc1ccn[nH]1. The highest BCUT2D eigenvalue weighted by molar-refractivity contribution is 5.78. The van der Waals surface area contributed by atoms with Gasteiger partial charge in [-0.2, -0.15) is 5.10 Å². The Kier molecular flexibility index (Phi) is 4.75. The maximum atomic E-state index is 12.5. The fourth-order valence-electron chi connectivity index (χ4n) is 2.16. The first-order valence-electron chi connectivity index (χ1n) is 6.96. The van der Waals surface area contributed by atoms with Crippen molar-refractivity contribution in [3.63, 3.8) is 0 Å². The van der Waals surface area contributed by atoms with Crippen molar-refractivity contribution < 1.29 is 9.90 Å². The molecule has 2 rings (SSSR count). The van der Waals surface area contributed by atoms with Gasteiger partial charge in [0.05, 0.1) is 12.0 Å². The smallest absolute Gasteiger partial charge is 0.228 e. The second-order valence-electron chi connectivity index (χ2n) is 5.81. The van der Waals surface area contributed by atoms with Crippen molar-refractivity contribution in [1.29, 1.82) is 0 Å². The number of hydrogen-bond donors (Lipinski definition) is 2. The van der Waals surface area contributed by atoms with Crippen LogP contribution in [0.4, 0.5) is 0 Å². The molecule has 0 bridgehead atoms. The molecular formula is C16H21N3O2. The minimum Gasteiger partial charge on any atom is -0.389 e. The fourth-order valence-corrected chi connectivity index (χ4v) is 2.16. The quantitative estimate of drug-likeness (QED) is 0.850. The van der Waals surface area contributed by atoms with Gasteiger partial charge in [0.15, 0.2) is 0 Å². The van der Waals surface area contributed by atoms with Crippen LogP contribution in [0.3, 0.4) is 0 Å². The number of hydrogen-bond acceptors (Lipinski definition) is 3. The summed E-state index contributed by atoms with van der Waals surface area (Å²) in [7, 11) is 0. The van der Waals surface area contributed by atoms with Gasteiger partial charge in [0, 0.05) is 25.0 Å². The number of aromatic nitrogens is 2. The van der Waals surface area contributed by atoms with Gasteiger partial charge in [0.1, 0.15) is 0 Å². The molecule has 0 saturated heterocycles. The molecule has 21 heavy (non-hydrogen) atoms. The zero-order valence-corrected chi connectivity index (χ0v) is 12.4. The van der Waals surface area contributed by atoms with Gasteiger partial charge in [-0.3, -0.25) is 9.89 Å². The van der Waals surface area contributed by atoms with Crippen LogP contribution >= 0.6 is 0 Å². The lowest BCUT2D eigenvalue weighted by Crippen LogP contribution is -2.42. The van der Waals surface area contributed by atoms with E-state index in [0.717, 1.165) is 11.3 Å². The Bertz CT molecular complexity index is 559. The number of nitrogens with zero attached hydrogens (tertiary/aromatic N) is 2. The Hall–Kier alpha value is -2.14. The average molecular weight is 287 g/mol. The summed E-state index contributed by atoms with van der Waals surface area (Å²) in [6.45, 7) is 4.18. The minimum atomic E-state index is -0.932. The Balaban J connectivity index is 2.09. The van der Waals surface area contributed by atoms with E-state index in [2.05, 4.69) is 10.2 Å². The van der Waals surface area contributed by atoms with Crippen molar-refractivity contribution in [2.24, 2.45) is 0 Å². The maximum absolute atomic E-state index is 12.5. The first-order chi connectivity index (χ1) is 9.94. The number of amides is 1. The molecule has 1 amide bonds. The summed E-state index contributed by atoms with van der Waals surface area (Å²) in [4.78, 5) is 14.1. The third kappa shape index (κ3) is 5.04. The normalized spacial score (nSPS) is 11.4. The predicted octanol–water partition coefficient (Wildman–Crippen LogP) is 1.75. The molecule has 0 saturated carbocycles. The van der Waals surface area contributed by atoms with E-state index in [0.29, 0.717) is 6.54 Å². The molecule has 0 unspecified atom stereocenters. The van der Waals surface area contributed by atoms with Crippen LogP contribution in [-0.4, -0.2) is 38.3 Å². The molecule has 2 N–H and O–H groups in total. The van der Waals surface area contributed by atoms with E-state index in [1.54, 1.807) is 31.0 Å². The summed E-state index contributed by atoms with van der Waals surface area (Å²) < 4.78 is 0. The molecule has 5 heteroatoms. The molecule has 112 valence electrons. The van der Waals surface area contributed by atoms with Gasteiger partial charge in [0.2, 0.25) is 5.91 Å². The number of benzene rings is 1. The Morgan fingerprint density at radius 1 is 1.29 bits per heavy atom. The molecular weight excluding hydrogens is 266 g/mol. The van der Waals surface area contributed by atoms with Gasteiger partial charge in [-0.1, -0.05) is 30.3 Å². The summed E-state index contributed by atoms with van der Waals surface area (Å²) in [5.41, 5.74) is 0.881. The van der Waals surface area contributed by atoms with Gasteiger partial charge in [0.25, 0.3) is 0 Å². The average Bonchev–Trinajstić information content (AvgIpc) is 2.90. The van der Waals surface area contributed by atoms with E-state index in [4.69, 9.17) is 0 Å². The summed E-state index contributed by atoms with van der Waals surface area (Å²) in [5, 5.41) is 16.7. The Labute approximate surface area is 124 Å². The molecule has 0 aliphatic heterocycles. The highest BCUT2D eigenvalue weighted by atomic mass is 16.3. The standard InChI is InChI=1S/C16H21N3O2/c1-16(2,21)12-19(11-13-6-4-3-5-7-13)15(20)10-14-8-9-17-18-14/h3-9,21H,10-12H2,1-2H3,(H,17,18). The monoisotopic (exact) mass is 287 g/mol. The predicted molar refractivity (Wildman–Crippen MR) is 80.4 cm³/mol. The van der Waals surface area contributed by atoms with Crippen LogP contribution in [0.5, 0.6) is 0 Å². The number of aliphatic hydroxyl groups is 1. The van der Waals surface area contributed by atoms with E-state index < -0.39 is 5.60 Å². The van der Waals surface area contributed by atoms with Crippen molar-refractivity contribution in [2.45, 2.75) is 32.4 Å². The van der Waals surface area contributed by atoms with E-state index >= 15 is 0 Å². The summed E-state index contributed by atoms with van der Waals surface area (Å²) in [5.74, 6) is -0.0368. The van der Waals surface area contributed by atoms with Crippen LogP contribution in [0.1, 0.15) is 25.1 Å². The van der Waals surface area contributed by atoms with E-state index in [1.165, 1.54) is 0 Å². The van der Waals surface area contributed by atoms with Gasteiger partial charge < -0.3 is 10.0 Å². The lowest BCUT2D eigenvalue weighted by atomic mass is 10.1. The van der Waals surface area contributed by atoms with Crippen LogP contribution in [0.25, 0.3) is 0 Å². The van der Waals surface area contributed by atoms with Crippen LogP contribution in [0, 0.1) is 0 Å².